The lowest BCUT2D eigenvalue weighted by Gasteiger charge is -2.15. The Morgan fingerprint density at radius 2 is 1.72 bits per heavy atom. The van der Waals surface area contributed by atoms with Crippen molar-refractivity contribution in [3.05, 3.63) is 53.6 Å². The molecular formula is C20H26F2IN3O3. The van der Waals surface area contributed by atoms with Crippen molar-refractivity contribution in [2.75, 3.05) is 27.8 Å². The number of halogens is 3. The largest absolute Gasteiger partial charge is 0.493 e. The quantitative estimate of drug-likeness (QED) is 0.299. The highest BCUT2D eigenvalue weighted by Crippen LogP contribution is 2.27. The second kappa shape index (κ2) is 13.0. The zero-order valence-corrected chi connectivity index (χ0v) is 18.9. The van der Waals surface area contributed by atoms with Crippen LogP contribution >= 0.6 is 24.0 Å². The highest BCUT2D eigenvalue weighted by atomic mass is 127. The summed E-state index contributed by atoms with van der Waals surface area (Å²) in [6.07, 6.45) is 0.742. The molecular weight excluding hydrogens is 495 g/mol. The zero-order chi connectivity index (χ0) is 20.4. The van der Waals surface area contributed by atoms with E-state index in [4.69, 9.17) is 9.47 Å². The van der Waals surface area contributed by atoms with E-state index in [1.54, 1.807) is 39.5 Å². The Morgan fingerprint density at radius 3 is 2.38 bits per heavy atom. The molecule has 2 N–H and O–H groups in total. The van der Waals surface area contributed by atoms with Crippen LogP contribution in [0.15, 0.2) is 47.5 Å². The van der Waals surface area contributed by atoms with Crippen molar-refractivity contribution >= 4 is 29.9 Å². The number of nitrogens with zero attached hydrogens (tertiary/aromatic N) is 1. The van der Waals surface area contributed by atoms with Gasteiger partial charge in [-0.25, -0.2) is 0 Å². The first-order chi connectivity index (χ1) is 13.6. The Bertz CT molecular complexity index is 791. The molecule has 160 valence electrons. The number of nitrogens with one attached hydrogen (secondary N) is 2. The number of aliphatic imine (C=N–C) groups is 1. The number of benzene rings is 2. The molecule has 0 aliphatic rings. The van der Waals surface area contributed by atoms with Gasteiger partial charge in [-0.3, -0.25) is 4.99 Å². The van der Waals surface area contributed by atoms with Crippen molar-refractivity contribution < 1.29 is 23.0 Å². The van der Waals surface area contributed by atoms with E-state index in [0.717, 1.165) is 12.0 Å². The maximum atomic E-state index is 12.5. The van der Waals surface area contributed by atoms with Gasteiger partial charge in [0.15, 0.2) is 17.5 Å². The highest BCUT2D eigenvalue weighted by Gasteiger charge is 2.09. The monoisotopic (exact) mass is 521 g/mol. The van der Waals surface area contributed by atoms with E-state index in [1.807, 2.05) is 18.2 Å². The summed E-state index contributed by atoms with van der Waals surface area (Å²) < 4.78 is 40.1. The van der Waals surface area contributed by atoms with Crippen LogP contribution in [0.25, 0.3) is 0 Å². The summed E-state index contributed by atoms with van der Waals surface area (Å²) in [7, 11) is 4.84. The number of guanidine groups is 1. The molecule has 0 aromatic heterocycles. The summed E-state index contributed by atoms with van der Waals surface area (Å²) in [5.74, 6) is 2.07. The molecule has 29 heavy (non-hydrogen) atoms. The van der Waals surface area contributed by atoms with Crippen LogP contribution in [0.2, 0.25) is 0 Å². The third-order valence-corrected chi connectivity index (χ3v) is 4.01. The van der Waals surface area contributed by atoms with Crippen molar-refractivity contribution in [1.29, 1.82) is 0 Å². The first kappa shape index (κ1) is 24.7. The van der Waals surface area contributed by atoms with Gasteiger partial charge in [0.05, 0.1) is 14.2 Å². The van der Waals surface area contributed by atoms with Crippen LogP contribution in [-0.4, -0.2) is 40.4 Å². The van der Waals surface area contributed by atoms with Crippen molar-refractivity contribution in [3.8, 4) is 17.2 Å². The molecule has 0 aliphatic carbocycles. The summed E-state index contributed by atoms with van der Waals surface area (Å²) in [6, 6.07) is 12.4. The SMILES string of the molecule is CN=C(NCCc1ccc(OC)c(OC)c1)NCc1ccccc1OC(F)F.I. The van der Waals surface area contributed by atoms with Crippen LogP contribution in [0.3, 0.4) is 0 Å². The highest BCUT2D eigenvalue weighted by molar-refractivity contribution is 14.0. The molecule has 2 rings (SSSR count). The average molecular weight is 521 g/mol. The fourth-order valence-corrected chi connectivity index (χ4v) is 2.62. The van der Waals surface area contributed by atoms with E-state index in [-0.39, 0.29) is 29.7 Å². The lowest BCUT2D eigenvalue weighted by Crippen LogP contribution is -2.37. The zero-order valence-electron chi connectivity index (χ0n) is 16.6. The predicted molar refractivity (Wildman–Crippen MR) is 120 cm³/mol. The van der Waals surface area contributed by atoms with Crippen LogP contribution in [0, 0.1) is 0 Å². The maximum absolute atomic E-state index is 12.5. The number of alkyl halides is 2. The molecule has 0 spiro atoms. The third-order valence-electron chi connectivity index (χ3n) is 4.01. The molecule has 0 aliphatic heterocycles. The van der Waals surface area contributed by atoms with Crippen LogP contribution in [-0.2, 0) is 13.0 Å². The molecule has 6 nitrogen and oxygen atoms in total. The topological polar surface area (TPSA) is 64.1 Å². The van der Waals surface area contributed by atoms with E-state index < -0.39 is 6.61 Å². The van der Waals surface area contributed by atoms with Crippen LogP contribution in [0.4, 0.5) is 8.78 Å². The molecule has 2 aromatic rings. The Morgan fingerprint density at radius 1 is 1.00 bits per heavy atom. The maximum Gasteiger partial charge on any atom is 0.387 e. The number of ether oxygens (including phenoxy) is 3. The van der Waals surface area contributed by atoms with Crippen molar-refractivity contribution in [3.63, 3.8) is 0 Å². The average Bonchev–Trinajstić information content (AvgIpc) is 2.70. The van der Waals surface area contributed by atoms with Crippen LogP contribution in [0.1, 0.15) is 11.1 Å². The van der Waals surface area contributed by atoms with E-state index in [9.17, 15) is 8.78 Å². The Hall–Kier alpha value is -2.30. The molecule has 9 heteroatoms. The fourth-order valence-electron chi connectivity index (χ4n) is 2.62. The minimum atomic E-state index is -2.86. The predicted octanol–water partition coefficient (Wildman–Crippen LogP) is 3.83. The molecule has 0 unspecified atom stereocenters. The Balaban J connectivity index is 0.00000420. The summed E-state index contributed by atoms with van der Waals surface area (Å²) in [6.45, 7) is -1.93. The second-order valence-corrected chi connectivity index (χ2v) is 5.78. The van der Waals surface area contributed by atoms with Crippen molar-refractivity contribution in [2.45, 2.75) is 19.6 Å². The molecule has 0 radical (unpaired) electrons. The number of hydrogen-bond acceptors (Lipinski definition) is 4. The molecule has 0 heterocycles. The van der Waals surface area contributed by atoms with Crippen LogP contribution < -0.4 is 24.8 Å². The number of rotatable bonds is 9. The molecule has 0 bridgehead atoms. The summed E-state index contributed by atoms with van der Waals surface area (Å²) in [5.41, 5.74) is 1.70. The summed E-state index contributed by atoms with van der Waals surface area (Å²) in [5, 5.41) is 6.29. The van der Waals surface area contributed by atoms with Crippen LogP contribution in [0.5, 0.6) is 17.2 Å². The Kier molecular flexibility index (Phi) is 11.1. The van der Waals surface area contributed by atoms with Gasteiger partial charge < -0.3 is 24.8 Å². The lowest BCUT2D eigenvalue weighted by molar-refractivity contribution is -0.0504. The lowest BCUT2D eigenvalue weighted by atomic mass is 10.1. The van der Waals surface area contributed by atoms with Gasteiger partial charge in [0.2, 0.25) is 0 Å². The minimum Gasteiger partial charge on any atom is -0.493 e. The van der Waals surface area contributed by atoms with E-state index in [1.165, 1.54) is 6.07 Å². The first-order valence-corrected chi connectivity index (χ1v) is 8.75. The van der Waals surface area contributed by atoms with Gasteiger partial charge >= 0.3 is 6.61 Å². The minimum absolute atomic E-state index is 0. The molecule has 0 atom stereocenters. The van der Waals surface area contributed by atoms with Crippen molar-refractivity contribution in [1.82, 2.24) is 10.6 Å². The number of methoxy groups -OCH3 is 2. The van der Waals surface area contributed by atoms with Gasteiger partial charge in [-0.15, -0.1) is 24.0 Å². The van der Waals surface area contributed by atoms with E-state index in [0.29, 0.717) is 36.1 Å². The van der Waals surface area contributed by atoms with Crippen molar-refractivity contribution in [2.24, 2.45) is 4.99 Å². The molecule has 0 saturated carbocycles. The standard InChI is InChI=1S/C20H25F2N3O3.HI/c1-23-20(25-13-15-6-4-5-7-16(15)28-19(21)22)24-11-10-14-8-9-17(26-2)18(12-14)27-3;/h4-9,12,19H,10-11,13H2,1-3H3,(H2,23,24,25);1H. The van der Waals surface area contributed by atoms with Gasteiger partial charge in [-0.2, -0.15) is 8.78 Å². The van der Waals surface area contributed by atoms with E-state index >= 15 is 0 Å². The normalized spacial score (nSPS) is 10.9. The van der Waals surface area contributed by atoms with E-state index in [2.05, 4.69) is 20.4 Å². The fraction of sp³-hybridized carbons (Fsp3) is 0.350. The number of hydrogen-bond donors (Lipinski definition) is 2. The summed E-state index contributed by atoms with van der Waals surface area (Å²) >= 11 is 0. The number of para-hydroxylation sites is 1. The smallest absolute Gasteiger partial charge is 0.387 e. The second-order valence-electron chi connectivity index (χ2n) is 5.78. The molecule has 2 aromatic carbocycles. The molecule has 0 saturated heterocycles. The van der Waals surface area contributed by atoms with Gasteiger partial charge in [-0.1, -0.05) is 24.3 Å². The Labute approximate surface area is 186 Å². The molecule has 0 fully saturated rings. The summed E-state index contributed by atoms with van der Waals surface area (Å²) in [4.78, 5) is 4.15. The van der Waals surface area contributed by atoms with Gasteiger partial charge in [0.25, 0.3) is 0 Å². The third kappa shape index (κ3) is 7.92. The van der Waals surface area contributed by atoms with Gasteiger partial charge in [0, 0.05) is 25.7 Å². The molecule has 0 amide bonds. The van der Waals surface area contributed by atoms with Gasteiger partial charge in [0.1, 0.15) is 5.75 Å². The first-order valence-electron chi connectivity index (χ1n) is 8.75. The van der Waals surface area contributed by atoms with Gasteiger partial charge in [-0.05, 0) is 30.2 Å².